The highest BCUT2D eigenvalue weighted by molar-refractivity contribution is 5.68. The average molecular weight is 277 g/mol. The quantitative estimate of drug-likeness (QED) is 0.776. The number of nitrogens with zero attached hydrogens (tertiary/aromatic N) is 2. The van der Waals surface area contributed by atoms with Gasteiger partial charge in [0.1, 0.15) is 0 Å². The van der Waals surface area contributed by atoms with E-state index in [0.717, 1.165) is 29.7 Å². The van der Waals surface area contributed by atoms with Crippen molar-refractivity contribution < 1.29 is 4.52 Å². The van der Waals surface area contributed by atoms with Crippen LogP contribution in [0.5, 0.6) is 0 Å². The predicted molar refractivity (Wildman–Crippen MR) is 82.1 cm³/mol. The number of nitrogens with one attached hydrogen (secondary N) is 1. The van der Waals surface area contributed by atoms with Gasteiger partial charge in [-0.2, -0.15) is 4.98 Å². The van der Waals surface area contributed by atoms with Crippen molar-refractivity contribution in [2.75, 3.05) is 11.9 Å². The number of aromatic nitrogens is 2. The van der Waals surface area contributed by atoms with E-state index in [1.807, 2.05) is 37.3 Å². The summed E-state index contributed by atoms with van der Waals surface area (Å²) in [4.78, 5) is 4.53. The molecule has 0 fully saturated rings. The zero-order chi connectivity index (χ0) is 14.2. The highest BCUT2D eigenvalue weighted by Gasteiger charge is 2.15. The summed E-state index contributed by atoms with van der Waals surface area (Å²) in [5, 5.41) is 7.48. The van der Waals surface area contributed by atoms with Crippen LogP contribution in [0.1, 0.15) is 11.1 Å². The molecule has 4 rings (SSSR count). The second-order valence-corrected chi connectivity index (χ2v) is 5.29. The first-order valence-corrected chi connectivity index (χ1v) is 7.08. The van der Waals surface area contributed by atoms with E-state index in [9.17, 15) is 0 Å². The Balaban J connectivity index is 1.73. The van der Waals surface area contributed by atoms with Gasteiger partial charge < -0.3 is 9.84 Å². The summed E-state index contributed by atoms with van der Waals surface area (Å²) in [6.45, 7) is 3.04. The predicted octanol–water partition coefficient (Wildman–Crippen LogP) is 3.68. The summed E-state index contributed by atoms with van der Waals surface area (Å²) < 4.78 is 5.43. The van der Waals surface area contributed by atoms with Gasteiger partial charge in [0.15, 0.2) is 0 Å². The molecule has 1 aromatic heterocycles. The van der Waals surface area contributed by atoms with Crippen LogP contribution in [0.25, 0.3) is 22.8 Å². The normalized spacial score (nSPS) is 13.0. The van der Waals surface area contributed by atoms with E-state index >= 15 is 0 Å². The molecule has 0 atom stereocenters. The molecule has 0 saturated carbocycles. The number of anilines is 1. The molecule has 0 aliphatic carbocycles. The molecule has 0 amide bonds. The van der Waals surface area contributed by atoms with Crippen molar-refractivity contribution in [3.05, 3.63) is 53.6 Å². The summed E-state index contributed by atoms with van der Waals surface area (Å²) in [6, 6.07) is 14.3. The standard InChI is InChI=1S/C17H15N3O/c1-11-4-2-3-5-14(11)16-19-17(21-20-16)13-7-6-12-8-9-18-15(12)10-13/h2-7,10,18H,8-9H2,1H3. The lowest BCUT2D eigenvalue weighted by molar-refractivity contribution is 0.432. The van der Waals surface area contributed by atoms with E-state index in [4.69, 9.17) is 4.52 Å². The molecule has 1 aliphatic heterocycles. The van der Waals surface area contributed by atoms with Crippen LogP contribution in [0.15, 0.2) is 47.0 Å². The van der Waals surface area contributed by atoms with Gasteiger partial charge in [0, 0.05) is 23.4 Å². The number of hydrogen-bond acceptors (Lipinski definition) is 4. The second kappa shape index (κ2) is 4.74. The molecule has 1 aliphatic rings. The van der Waals surface area contributed by atoms with Gasteiger partial charge in [-0.25, -0.2) is 0 Å². The third-order valence-electron chi connectivity index (χ3n) is 3.88. The minimum absolute atomic E-state index is 0.560. The smallest absolute Gasteiger partial charge is 0.258 e. The van der Waals surface area contributed by atoms with E-state index in [1.165, 1.54) is 11.3 Å². The van der Waals surface area contributed by atoms with Gasteiger partial charge in [0.25, 0.3) is 5.89 Å². The van der Waals surface area contributed by atoms with E-state index in [2.05, 4.69) is 27.6 Å². The van der Waals surface area contributed by atoms with Crippen molar-refractivity contribution in [2.45, 2.75) is 13.3 Å². The first kappa shape index (κ1) is 12.1. The van der Waals surface area contributed by atoms with Gasteiger partial charge in [0.2, 0.25) is 5.82 Å². The Morgan fingerprint density at radius 1 is 1.14 bits per heavy atom. The largest absolute Gasteiger partial charge is 0.384 e. The minimum atomic E-state index is 0.560. The first-order valence-electron chi connectivity index (χ1n) is 7.08. The van der Waals surface area contributed by atoms with Crippen LogP contribution in [-0.4, -0.2) is 16.7 Å². The van der Waals surface area contributed by atoms with Crippen molar-refractivity contribution in [1.82, 2.24) is 10.1 Å². The molecule has 2 aromatic carbocycles. The molecule has 4 heteroatoms. The number of rotatable bonds is 2. The number of aryl methyl sites for hydroxylation is 1. The second-order valence-electron chi connectivity index (χ2n) is 5.29. The maximum absolute atomic E-state index is 5.43. The molecule has 1 N–H and O–H groups in total. The topological polar surface area (TPSA) is 51.0 Å². The average Bonchev–Trinajstić information content (AvgIpc) is 3.16. The van der Waals surface area contributed by atoms with E-state index in [-0.39, 0.29) is 0 Å². The molecule has 104 valence electrons. The van der Waals surface area contributed by atoms with Crippen LogP contribution >= 0.6 is 0 Å². The monoisotopic (exact) mass is 277 g/mol. The SMILES string of the molecule is Cc1ccccc1-c1noc(-c2ccc3c(c2)NCC3)n1. The molecule has 0 unspecified atom stereocenters. The van der Waals surface area contributed by atoms with Gasteiger partial charge in [-0.3, -0.25) is 0 Å². The first-order chi connectivity index (χ1) is 10.3. The fourth-order valence-electron chi connectivity index (χ4n) is 2.70. The van der Waals surface area contributed by atoms with Crippen molar-refractivity contribution in [1.29, 1.82) is 0 Å². The Morgan fingerprint density at radius 3 is 2.95 bits per heavy atom. The van der Waals surface area contributed by atoms with Crippen LogP contribution in [0.4, 0.5) is 5.69 Å². The van der Waals surface area contributed by atoms with Crippen LogP contribution in [-0.2, 0) is 6.42 Å². The van der Waals surface area contributed by atoms with Crippen LogP contribution in [0.3, 0.4) is 0 Å². The Kier molecular flexibility index (Phi) is 2.74. The van der Waals surface area contributed by atoms with Gasteiger partial charge >= 0.3 is 0 Å². The van der Waals surface area contributed by atoms with Crippen LogP contribution in [0, 0.1) is 6.92 Å². The zero-order valence-electron chi connectivity index (χ0n) is 11.8. The lowest BCUT2D eigenvalue weighted by Gasteiger charge is -2.01. The minimum Gasteiger partial charge on any atom is -0.384 e. The van der Waals surface area contributed by atoms with Gasteiger partial charge in [-0.05, 0) is 36.6 Å². The van der Waals surface area contributed by atoms with Crippen molar-refractivity contribution in [3.63, 3.8) is 0 Å². The third-order valence-corrected chi connectivity index (χ3v) is 3.88. The fourth-order valence-corrected chi connectivity index (χ4v) is 2.70. The molecule has 0 saturated heterocycles. The Hall–Kier alpha value is -2.62. The highest BCUT2D eigenvalue weighted by Crippen LogP contribution is 2.29. The lowest BCUT2D eigenvalue weighted by Crippen LogP contribution is -1.91. The summed E-state index contributed by atoms with van der Waals surface area (Å²) in [7, 11) is 0. The maximum Gasteiger partial charge on any atom is 0.258 e. The molecule has 21 heavy (non-hydrogen) atoms. The van der Waals surface area contributed by atoms with E-state index < -0.39 is 0 Å². The fraction of sp³-hybridized carbons (Fsp3) is 0.176. The molecule has 4 nitrogen and oxygen atoms in total. The third kappa shape index (κ3) is 2.09. The number of hydrogen-bond donors (Lipinski definition) is 1. The van der Waals surface area contributed by atoms with Gasteiger partial charge in [0.05, 0.1) is 0 Å². The van der Waals surface area contributed by atoms with E-state index in [1.54, 1.807) is 0 Å². The Bertz CT molecular complexity index is 807. The molecule has 3 aromatic rings. The highest BCUT2D eigenvalue weighted by atomic mass is 16.5. The lowest BCUT2D eigenvalue weighted by atomic mass is 10.1. The van der Waals surface area contributed by atoms with Gasteiger partial charge in [-0.15, -0.1) is 0 Å². The molecule has 0 bridgehead atoms. The summed E-state index contributed by atoms with van der Waals surface area (Å²) in [5.74, 6) is 1.20. The molecule has 0 radical (unpaired) electrons. The Labute approximate surface area is 122 Å². The van der Waals surface area contributed by atoms with E-state index in [0.29, 0.717) is 11.7 Å². The van der Waals surface area contributed by atoms with Crippen LogP contribution in [0.2, 0.25) is 0 Å². The van der Waals surface area contributed by atoms with Crippen molar-refractivity contribution in [3.8, 4) is 22.8 Å². The molecular weight excluding hydrogens is 262 g/mol. The van der Waals surface area contributed by atoms with Crippen LogP contribution < -0.4 is 5.32 Å². The molecular formula is C17H15N3O. The maximum atomic E-state index is 5.43. The van der Waals surface area contributed by atoms with Gasteiger partial charge in [-0.1, -0.05) is 35.5 Å². The zero-order valence-corrected chi connectivity index (χ0v) is 11.8. The van der Waals surface area contributed by atoms with Crippen molar-refractivity contribution in [2.24, 2.45) is 0 Å². The summed E-state index contributed by atoms with van der Waals surface area (Å²) in [5.41, 5.74) is 5.61. The number of fused-ring (bicyclic) bond motifs is 1. The number of benzene rings is 2. The molecule has 2 heterocycles. The summed E-state index contributed by atoms with van der Waals surface area (Å²) >= 11 is 0. The Morgan fingerprint density at radius 2 is 2.05 bits per heavy atom. The van der Waals surface area contributed by atoms with Crippen molar-refractivity contribution >= 4 is 5.69 Å². The summed E-state index contributed by atoms with van der Waals surface area (Å²) in [6.07, 6.45) is 1.08. The molecule has 0 spiro atoms.